The van der Waals surface area contributed by atoms with Crippen LogP contribution in [0.3, 0.4) is 0 Å². The minimum absolute atomic E-state index is 0.748. The molecule has 0 amide bonds. The molecule has 0 unspecified atom stereocenters. The van der Waals surface area contributed by atoms with Crippen molar-refractivity contribution in [1.29, 1.82) is 0 Å². The zero-order valence-corrected chi connectivity index (χ0v) is 10.5. The molecule has 1 aromatic heterocycles. The Balaban J connectivity index is 2.19. The maximum Gasteiger partial charge on any atom is 0.138 e. The summed E-state index contributed by atoms with van der Waals surface area (Å²) < 4.78 is 0. The van der Waals surface area contributed by atoms with Crippen molar-refractivity contribution in [3.05, 3.63) is 47.5 Å². The Labute approximate surface area is 106 Å². The molecule has 0 atom stereocenters. The number of hydrogen-bond acceptors (Lipinski definition) is 2. The van der Waals surface area contributed by atoms with Gasteiger partial charge in [0, 0.05) is 11.3 Å². The summed E-state index contributed by atoms with van der Waals surface area (Å²) in [5.74, 6) is 0.891. The average molecular weight is 237 g/mol. The maximum absolute atomic E-state index is 5.77. The lowest BCUT2D eigenvalue weighted by Crippen LogP contribution is -1.84. The molecule has 0 saturated heterocycles. The zero-order valence-electron chi connectivity index (χ0n) is 10.5. The van der Waals surface area contributed by atoms with Crippen LogP contribution in [0.5, 0.6) is 0 Å². The largest absolute Gasteiger partial charge is 0.399 e. The third-order valence-electron chi connectivity index (χ3n) is 3.00. The third kappa shape index (κ3) is 1.84. The number of aromatic amines is 1. The van der Waals surface area contributed by atoms with Gasteiger partial charge in [0.15, 0.2) is 0 Å². The number of nitrogens with two attached hydrogens (primary N) is 1. The second kappa shape index (κ2) is 3.88. The van der Waals surface area contributed by atoms with E-state index in [-0.39, 0.29) is 0 Å². The van der Waals surface area contributed by atoms with Crippen LogP contribution < -0.4 is 5.73 Å². The monoisotopic (exact) mass is 237 g/mol. The van der Waals surface area contributed by atoms with Crippen LogP contribution >= 0.6 is 0 Å². The minimum Gasteiger partial charge on any atom is -0.399 e. The molecule has 0 aliphatic carbocycles. The number of aromatic nitrogens is 2. The molecule has 3 N–H and O–H groups in total. The number of nitrogen functional groups attached to an aromatic ring is 1. The number of benzene rings is 2. The molecule has 90 valence electrons. The number of hydrogen-bond donors (Lipinski definition) is 2. The van der Waals surface area contributed by atoms with Crippen LogP contribution in [0.15, 0.2) is 36.4 Å². The number of rotatable bonds is 1. The van der Waals surface area contributed by atoms with E-state index in [2.05, 4.69) is 42.0 Å². The number of fused-ring (bicyclic) bond motifs is 1. The van der Waals surface area contributed by atoms with Gasteiger partial charge in [-0.1, -0.05) is 17.2 Å². The SMILES string of the molecule is Cc1cc(C)cc(-c2nc3ccc(N)cc3[nH]2)c1. The van der Waals surface area contributed by atoms with Gasteiger partial charge in [-0.05, 0) is 44.2 Å². The topological polar surface area (TPSA) is 54.7 Å². The molecule has 3 nitrogen and oxygen atoms in total. The molecule has 3 aromatic rings. The van der Waals surface area contributed by atoms with Crippen LogP contribution in [-0.4, -0.2) is 9.97 Å². The van der Waals surface area contributed by atoms with Gasteiger partial charge >= 0.3 is 0 Å². The predicted octanol–water partition coefficient (Wildman–Crippen LogP) is 3.43. The van der Waals surface area contributed by atoms with Gasteiger partial charge in [0.25, 0.3) is 0 Å². The molecule has 2 aromatic carbocycles. The van der Waals surface area contributed by atoms with E-state index in [0.29, 0.717) is 0 Å². The standard InChI is InChI=1S/C15H15N3/c1-9-5-10(2)7-11(6-9)15-17-13-4-3-12(16)8-14(13)18-15/h3-8H,16H2,1-2H3,(H,17,18). The Hall–Kier alpha value is -2.29. The van der Waals surface area contributed by atoms with Gasteiger partial charge in [0.2, 0.25) is 0 Å². The van der Waals surface area contributed by atoms with Crippen molar-refractivity contribution in [2.75, 3.05) is 5.73 Å². The number of nitrogens with one attached hydrogen (secondary N) is 1. The number of imidazole rings is 1. The van der Waals surface area contributed by atoms with Gasteiger partial charge in [-0.2, -0.15) is 0 Å². The number of anilines is 1. The molecule has 0 spiro atoms. The molecule has 0 bridgehead atoms. The van der Waals surface area contributed by atoms with Gasteiger partial charge in [0.1, 0.15) is 5.82 Å². The lowest BCUT2D eigenvalue weighted by Gasteiger charge is -2.01. The first-order valence-corrected chi connectivity index (χ1v) is 5.96. The molecule has 0 aliphatic rings. The summed E-state index contributed by atoms with van der Waals surface area (Å²) in [6.07, 6.45) is 0. The predicted molar refractivity (Wildman–Crippen MR) is 75.4 cm³/mol. The second-order valence-corrected chi connectivity index (χ2v) is 4.74. The van der Waals surface area contributed by atoms with E-state index in [1.54, 1.807) is 0 Å². The van der Waals surface area contributed by atoms with Gasteiger partial charge in [0.05, 0.1) is 11.0 Å². The summed E-state index contributed by atoms with van der Waals surface area (Å²) in [7, 11) is 0. The molecule has 3 rings (SSSR count). The van der Waals surface area contributed by atoms with Crippen molar-refractivity contribution < 1.29 is 0 Å². The van der Waals surface area contributed by atoms with Crippen molar-refractivity contribution in [3.63, 3.8) is 0 Å². The molecule has 0 aliphatic heterocycles. The van der Waals surface area contributed by atoms with Crippen LogP contribution in [0.1, 0.15) is 11.1 Å². The molecule has 0 saturated carbocycles. The van der Waals surface area contributed by atoms with Crippen molar-refractivity contribution in [2.45, 2.75) is 13.8 Å². The first kappa shape index (κ1) is 10.8. The van der Waals surface area contributed by atoms with Gasteiger partial charge in [-0.3, -0.25) is 0 Å². The first-order valence-electron chi connectivity index (χ1n) is 5.96. The summed E-state index contributed by atoms with van der Waals surface area (Å²) in [6.45, 7) is 4.19. The van der Waals surface area contributed by atoms with Crippen molar-refractivity contribution in [2.24, 2.45) is 0 Å². The Kier molecular flexibility index (Phi) is 2.33. The molecule has 1 heterocycles. The van der Waals surface area contributed by atoms with E-state index in [1.807, 2.05) is 18.2 Å². The molecule has 3 heteroatoms. The van der Waals surface area contributed by atoms with Crippen molar-refractivity contribution in [3.8, 4) is 11.4 Å². The molecule has 0 fully saturated rings. The highest BCUT2D eigenvalue weighted by atomic mass is 14.9. The van der Waals surface area contributed by atoms with E-state index >= 15 is 0 Å². The minimum atomic E-state index is 0.748. The normalized spacial score (nSPS) is 11.0. The van der Waals surface area contributed by atoms with Crippen molar-refractivity contribution >= 4 is 16.7 Å². The smallest absolute Gasteiger partial charge is 0.138 e. The summed E-state index contributed by atoms with van der Waals surface area (Å²) >= 11 is 0. The lowest BCUT2D eigenvalue weighted by atomic mass is 10.1. The summed E-state index contributed by atoms with van der Waals surface area (Å²) in [6, 6.07) is 12.1. The number of H-pyrrole nitrogens is 1. The van der Waals surface area contributed by atoms with Crippen LogP contribution in [-0.2, 0) is 0 Å². The summed E-state index contributed by atoms with van der Waals surface area (Å²) in [4.78, 5) is 7.91. The Morgan fingerprint density at radius 2 is 1.72 bits per heavy atom. The number of nitrogens with zero attached hydrogens (tertiary/aromatic N) is 1. The molecule has 0 radical (unpaired) electrons. The number of aryl methyl sites for hydroxylation is 2. The van der Waals surface area contributed by atoms with E-state index < -0.39 is 0 Å². The third-order valence-corrected chi connectivity index (χ3v) is 3.00. The van der Waals surface area contributed by atoms with Crippen LogP contribution in [0.2, 0.25) is 0 Å². The Morgan fingerprint density at radius 1 is 1.00 bits per heavy atom. The highest BCUT2D eigenvalue weighted by molar-refractivity contribution is 5.82. The van der Waals surface area contributed by atoms with E-state index in [9.17, 15) is 0 Å². The highest BCUT2D eigenvalue weighted by Gasteiger charge is 2.06. The van der Waals surface area contributed by atoms with Gasteiger partial charge in [-0.15, -0.1) is 0 Å². The Morgan fingerprint density at radius 3 is 2.44 bits per heavy atom. The average Bonchev–Trinajstić information content (AvgIpc) is 2.70. The fraction of sp³-hybridized carbons (Fsp3) is 0.133. The van der Waals surface area contributed by atoms with E-state index in [0.717, 1.165) is 28.1 Å². The van der Waals surface area contributed by atoms with Gasteiger partial charge < -0.3 is 10.7 Å². The van der Waals surface area contributed by atoms with Crippen molar-refractivity contribution in [1.82, 2.24) is 9.97 Å². The van der Waals surface area contributed by atoms with Crippen LogP contribution in [0, 0.1) is 13.8 Å². The quantitative estimate of drug-likeness (QED) is 0.637. The van der Waals surface area contributed by atoms with Gasteiger partial charge in [-0.25, -0.2) is 4.98 Å². The fourth-order valence-electron chi connectivity index (χ4n) is 2.28. The van der Waals surface area contributed by atoms with Crippen LogP contribution in [0.4, 0.5) is 5.69 Å². The molecular weight excluding hydrogens is 222 g/mol. The van der Waals surface area contributed by atoms with E-state index in [4.69, 9.17) is 5.73 Å². The second-order valence-electron chi connectivity index (χ2n) is 4.74. The maximum atomic E-state index is 5.77. The fourth-order valence-corrected chi connectivity index (χ4v) is 2.28. The first-order chi connectivity index (χ1) is 8.61. The summed E-state index contributed by atoms with van der Waals surface area (Å²) in [5.41, 5.74) is 12.0. The molecular formula is C15H15N3. The highest BCUT2D eigenvalue weighted by Crippen LogP contribution is 2.23. The van der Waals surface area contributed by atoms with E-state index in [1.165, 1.54) is 11.1 Å². The summed E-state index contributed by atoms with van der Waals surface area (Å²) in [5, 5.41) is 0. The lowest BCUT2D eigenvalue weighted by molar-refractivity contribution is 1.30. The Bertz CT molecular complexity index is 705. The van der Waals surface area contributed by atoms with Crippen LogP contribution in [0.25, 0.3) is 22.4 Å². The zero-order chi connectivity index (χ0) is 12.7. The molecule has 18 heavy (non-hydrogen) atoms.